The van der Waals surface area contributed by atoms with E-state index in [0.717, 1.165) is 37.6 Å². The van der Waals surface area contributed by atoms with Crippen LogP contribution in [0.4, 0.5) is 11.5 Å². The summed E-state index contributed by atoms with van der Waals surface area (Å²) >= 11 is 0. The summed E-state index contributed by atoms with van der Waals surface area (Å²) in [5.74, 6) is 0.527. The van der Waals surface area contributed by atoms with E-state index in [2.05, 4.69) is 15.2 Å². The van der Waals surface area contributed by atoms with Crippen LogP contribution in [0.15, 0.2) is 42.6 Å². The average molecular weight is 311 g/mol. The summed E-state index contributed by atoms with van der Waals surface area (Å²) in [6, 6.07) is 11.8. The fourth-order valence-corrected chi connectivity index (χ4v) is 2.55. The summed E-state index contributed by atoms with van der Waals surface area (Å²) in [5, 5.41) is 2.84. The summed E-state index contributed by atoms with van der Waals surface area (Å²) in [5.41, 5.74) is 3.25. The monoisotopic (exact) mass is 311 g/mol. The van der Waals surface area contributed by atoms with Crippen LogP contribution in [0.1, 0.15) is 11.1 Å². The van der Waals surface area contributed by atoms with Crippen molar-refractivity contribution in [2.24, 2.45) is 0 Å². The van der Waals surface area contributed by atoms with Crippen LogP contribution in [0.5, 0.6) is 0 Å². The highest BCUT2D eigenvalue weighted by Gasteiger charge is 2.12. The number of aromatic nitrogens is 1. The van der Waals surface area contributed by atoms with Gasteiger partial charge in [0.1, 0.15) is 5.82 Å². The van der Waals surface area contributed by atoms with Crippen LogP contribution in [0, 0.1) is 6.92 Å². The summed E-state index contributed by atoms with van der Waals surface area (Å²) in [7, 11) is 0. The predicted octanol–water partition coefficient (Wildman–Crippen LogP) is 2.41. The van der Waals surface area contributed by atoms with Crippen LogP contribution in [0.2, 0.25) is 0 Å². The smallest absolute Gasteiger partial charge is 0.229 e. The van der Waals surface area contributed by atoms with E-state index in [0.29, 0.717) is 12.2 Å². The third-order valence-electron chi connectivity index (χ3n) is 3.88. The topological polar surface area (TPSA) is 54.5 Å². The van der Waals surface area contributed by atoms with Gasteiger partial charge in [-0.3, -0.25) is 4.79 Å². The average Bonchev–Trinajstić information content (AvgIpc) is 2.58. The number of hydrogen-bond donors (Lipinski definition) is 1. The summed E-state index contributed by atoms with van der Waals surface area (Å²) in [6.07, 6.45) is 2.15. The zero-order chi connectivity index (χ0) is 16.1. The molecule has 0 radical (unpaired) electrons. The van der Waals surface area contributed by atoms with Crippen molar-refractivity contribution < 1.29 is 9.53 Å². The molecule has 2 heterocycles. The SMILES string of the molecule is Cc1ccc(CC(=O)Nc2ccc(N3CCOCC3)cn2)cc1. The Balaban J connectivity index is 1.57. The molecule has 0 aliphatic carbocycles. The lowest BCUT2D eigenvalue weighted by molar-refractivity contribution is -0.115. The van der Waals surface area contributed by atoms with E-state index in [9.17, 15) is 4.79 Å². The number of rotatable bonds is 4. The van der Waals surface area contributed by atoms with Crippen molar-refractivity contribution in [3.63, 3.8) is 0 Å². The molecule has 0 saturated carbocycles. The molecule has 23 heavy (non-hydrogen) atoms. The number of carbonyl (C=O) groups excluding carboxylic acids is 1. The van der Waals surface area contributed by atoms with Crippen molar-refractivity contribution in [2.75, 3.05) is 36.5 Å². The number of morpholine rings is 1. The molecule has 1 aromatic heterocycles. The molecule has 0 unspecified atom stereocenters. The Morgan fingerprint density at radius 2 is 1.91 bits per heavy atom. The third kappa shape index (κ3) is 4.29. The first-order valence-electron chi connectivity index (χ1n) is 7.85. The number of pyridine rings is 1. The summed E-state index contributed by atoms with van der Waals surface area (Å²) in [4.78, 5) is 18.6. The van der Waals surface area contributed by atoms with E-state index < -0.39 is 0 Å². The van der Waals surface area contributed by atoms with Gasteiger partial charge in [-0.15, -0.1) is 0 Å². The fraction of sp³-hybridized carbons (Fsp3) is 0.333. The van der Waals surface area contributed by atoms with E-state index in [-0.39, 0.29) is 5.91 Å². The zero-order valence-electron chi connectivity index (χ0n) is 13.3. The summed E-state index contributed by atoms with van der Waals surface area (Å²) < 4.78 is 5.34. The van der Waals surface area contributed by atoms with Gasteiger partial charge >= 0.3 is 0 Å². The first-order chi connectivity index (χ1) is 11.2. The second-order valence-electron chi connectivity index (χ2n) is 5.71. The van der Waals surface area contributed by atoms with Crippen molar-refractivity contribution in [1.82, 2.24) is 4.98 Å². The highest BCUT2D eigenvalue weighted by molar-refractivity contribution is 5.91. The first kappa shape index (κ1) is 15.5. The predicted molar refractivity (Wildman–Crippen MR) is 90.8 cm³/mol. The Bertz CT molecular complexity index is 647. The van der Waals surface area contributed by atoms with E-state index in [1.807, 2.05) is 43.3 Å². The first-order valence-corrected chi connectivity index (χ1v) is 7.85. The van der Waals surface area contributed by atoms with Gasteiger partial charge in [0.25, 0.3) is 0 Å². The van der Waals surface area contributed by atoms with E-state index in [1.165, 1.54) is 5.56 Å². The number of carbonyl (C=O) groups is 1. The van der Waals surface area contributed by atoms with Gasteiger partial charge < -0.3 is 15.0 Å². The molecule has 5 heteroatoms. The Labute approximate surface area is 136 Å². The molecule has 0 bridgehead atoms. The van der Waals surface area contributed by atoms with Crippen LogP contribution in [0.3, 0.4) is 0 Å². The lowest BCUT2D eigenvalue weighted by atomic mass is 10.1. The van der Waals surface area contributed by atoms with E-state index >= 15 is 0 Å². The molecule has 5 nitrogen and oxygen atoms in total. The van der Waals surface area contributed by atoms with Crippen molar-refractivity contribution in [2.45, 2.75) is 13.3 Å². The largest absolute Gasteiger partial charge is 0.378 e. The lowest BCUT2D eigenvalue weighted by Gasteiger charge is -2.28. The number of hydrogen-bond acceptors (Lipinski definition) is 4. The molecule has 1 saturated heterocycles. The zero-order valence-corrected chi connectivity index (χ0v) is 13.3. The van der Waals surface area contributed by atoms with Crippen LogP contribution >= 0.6 is 0 Å². The van der Waals surface area contributed by atoms with Crippen LogP contribution in [-0.2, 0) is 16.0 Å². The van der Waals surface area contributed by atoms with Crippen molar-refractivity contribution in [3.8, 4) is 0 Å². The maximum Gasteiger partial charge on any atom is 0.229 e. The molecule has 1 fully saturated rings. The van der Waals surface area contributed by atoms with Gasteiger partial charge in [0.05, 0.1) is 31.5 Å². The molecule has 0 atom stereocenters. The van der Waals surface area contributed by atoms with Gasteiger partial charge in [0, 0.05) is 13.1 Å². The highest BCUT2D eigenvalue weighted by Crippen LogP contribution is 2.16. The highest BCUT2D eigenvalue weighted by atomic mass is 16.5. The Hall–Kier alpha value is -2.40. The van der Waals surface area contributed by atoms with Gasteiger partial charge in [-0.2, -0.15) is 0 Å². The maximum absolute atomic E-state index is 12.1. The molecule has 1 aliphatic rings. The second-order valence-corrected chi connectivity index (χ2v) is 5.71. The second kappa shape index (κ2) is 7.24. The molecule has 1 amide bonds. The quantitative estimate of drug-likeness (QED) is 0.942. The number of aryl methyl sites for hydroxylation is 1. The molecule has 2 aromatic rings. The van der Waals surface area contributed by atoms with Crippen molar-refractivity contribution >= 4 is 17.4 Å². The fourth-order valence-electron chi connectivity index (χ4n) is 2.55. The molecule has 3 rings (SSSR count). The third-order valence-corrected chi connectivity index (χ3v) is 3.88. The van der Waals surface area contributed by atoms with E-state index in [1.54, 1.807) is 6.20 Å². The van der Waals surface area contributed by atoms with Gasteiger partial charge in [-0.25, -0.2) is 4.98 Å². The van der Waals surface area contributed by atoms with E-state index in [4.69, 9.17) is 4.74 Å². The number of anilines is 2. The number of nitrogens with zero attached hydrogens (tertiary/aromatic N) is 2. The number of ether oxygens (including phenoxy) is 1. The molecular formula is C18H21N3O2. The van der Waals surface area contributed by atoms with Gasteiger partial charge in [0.2, 0.25) is 5.91 Å². The Kier molecular flexibility index (Phi) is 4.88. The minimum atomic E-state index is -0.0551. The molecular weight excluding hydrogens is 290 g/mol. The van der Waals surface area contributed by atoms with Gasteiger partial charge in [0.15, 0.2) is 0 Å². The van der Waals surface area contributed by atoms with Crippen LogP contribution < -0.4 is 10.2 Å². The van der Waals surface area contributed by atoms with Crippen molar-refractivity contribution in [1.29, 1.82) is 0 Å². The number of amides is 1. The minimum Gasteiger partial charge on any atom is -0.378 e. The normalized spacial score (nSPS) is 14.6. The molecule has 120 valence electrons. The van der Waals surface area contributed by atoms with Gasteiger partial charge in [-0.05, 0) is 24.6 Å². The Morgan fingerprint density at radius 1 is 1.17 bits per heavy atom. The number of nitrogens with one attached hydrogen (secondary N) is 1. The summed E-state index contributed by atoms with van der Waals surface area (Å²) in [6.45, 7) is 5.27. The Morgan fingerprint density at radius 3 is 2.57 bits per heavy atom. The minimum absolute atomic E-state index is 0.0551. The lowest BCUT2D eigenvalue weighted by Crippen LogP contribution is -2.36. The number of benzene rings is 1. The van der Waals surface area contributed by atoms with Crippen LogP contribution in [-0.4, -0.2) is 37.2 Å². The maximum atomic E-state index is 12.1. The van der Waals surface area contributed by atoms with Crippen molar-refractivity contribution in [3.05, 3.63) is 53.7 Å². The van der Waals surface area contributed by atoms with Crippen LogP contribution in [0.25, 0.3) is 0 Å². The van der Waals surface area contributed by atoms with Gasteiger partial charge in [-0.1, -0.05) is 29.8 Å². The molecule has 1 aliphatic heterocycles. The molecule has 0 spiro atoms. The molecule has 1 aromatic carbocycles. The standard InChI is InChI=1S/C18H21N3O2/c1-14-2-4-15(5-3-14)12-18(22)20-17-7-6-16(13-19-17)21-8-10-23-11-9-21/h2-7,13H,8-12H2,1H3,(H,19,20,22). The molecule has 1 N–H and O–H groups in total.